The monoisotopic (exact) mass is 404 g/mol. The third kappa shape index (κ3) is 2.58. The molecule has 0 radical (unpaired) electrons. The van der Waals surface area contributed by atoms with Gasteiger partial charge in [-0.15, -0.1) is 0 Å². The number of rotatable bonds is 2. The van der Waals surface area contributed by atoms with Crippen molar-refractivity contribution in [3.63, 3.8) is 0 Å². The first-order valence-corrected chi connectivity index (χ1v) is 15.8. The van der Waals surface area contributed by atoms with Crippen LogP contribution >= 0.6 is 18.6 Å². The van der Waals surface area contributed by atoms with Gasteiger partial charge in [0, 0.05) is 0 Å². The minimum absolute atomic E-state index is 0.0998. The van der Waals surface area contributed by atoms with E-state index in [0.717, 1.165) is 0 Å². The summed E-state index contributed by atoms with van der Waals surface area (Å²) in [5.74, 6) is 0. The van der Waals surface area contributed by atoms with Gasteiger partial charge in [0.25, 0.3) is 0 Å². The molecule has 25 heavy (non-hydrogen) atoms. The molecule has 0 nitrogen and oxygen atoms in total. The number of benzene rings is 2. The molecule has 3 heteroatoms. The van der Waals surface area contributed by atoms with Gasteiger partial charge in [-0.2, -0.15) is 0 Å². The molecule has 2 aromatic rings. The summed E-state index contributed by atoms with van der Waals surface area (Å²) in [6.07, 6.45) is 8.86. The van der Waals surface area contributed by atoms with Crippen molar-refractivity contribution in [3.8, 4) is 0 Å². The van der Waals surface area contributed by atoms with E-state index in [9.17, 15) is 0 Å². The van der Waals surface area contributed by atoms with Crippen LogP contribution < -0.4 is 0 Å². The Morgan fingerprint density at radius 2 is 1.24 bits per heavy atom. The van der Waals surface area contributed by atoms with Crippen LogP contribution in [0.5, 0.6) is 0 Å². The molecule has 0 heterocycles. The molecule has 0 fully saturated rings. The van der Waals surface area contributed by atoms with Crippen molar-refractivity contribution in [2.75, 3.05) is 0 Å². The molecule has 2 aliphatic rings. The van der Waals surface area contributed by atoms with Crippen LogP contribution in [0.2, 0.25) is 0 Å². The Morgan fingerprint density at radius 3 is 1.64 bits per heavy atom. The summed E-state index contributed by atoms with van der Waals surface area (Å²) < 4.78 is 2.36. The van der Waals surface area contributed by atoms with Gasteiger partial charge < -0.3 is 0 Å². The molecule has 2 atom stereocenters. The predicted molar refractivity (Wildman–Crippen MR) is 109 cm³/mol. The van der Waals surface area contributed by atoms with E-state index in [1.807, 2.05) is 0 Å². The van der Waals surface area contributed by atoms with Crippen LogP contribution in [0.15, 0.2) is 48.6 Å². The summed E-state index contributed by atoms with van der Waals surface area (Å²) in [6.45, 7) is 6.30. The predicted octanol–water partition coefficient (Wildman–Crippen LogP) is 6.96. The van der Waals surface area contributed by atoms with E-state index in [1.54, 1.807) is 0 Å². The van der Waals surface area contributed by atoms with E-state index >= 15 is 0 Å². The Kier molecular flexibility index (Phi) is 4.05. The van der Waals surface area contributed by atoms with Crippen molar-refractivity contribution in [2.24, 2.45) is 0 Å². The maximum atomic E-state index is 7.53. The topological polar surface area (TPSA) is 0 Å². The first kappa shape index (κ1) is 17.5. The van der Waals surface area contributed by atoms with Gasteiger partial charge >= 0.3 is 159 Å². The zero-order valence-electron chi connectivity index (χ0n) is 14.8. The summed E-state index contributed by atoms with van der Waals surface area (Å²) in [6, 6.07) is 13.2. The van der Waals surface area contributed by atoms with Gasteiger partial charge in [-0.05, 0) is 0 Å². The summed E-state index contributed by atoms with van der Waals surface area (Å²) in [5, 5.41) is 0. The number of aryl methyl sites for hydroxylation is 2. The Balaban J connectivity index is 1.89. The molecule has 0 spiro atoms. The third-order valence-electron chi connectivity index (χ3n) is 5.83. The van der Waals surface area contributed by atoms with Crippen LogP contribution in [0.4, 0.5) is 0 Å². The summed E-state index contributed by atoms with van der Waals surface area (Å²) in [7, 11) is 15.1. The van der Waals surface area contributed by atoms with E-state index in [4.69, 9.17) is 18.6 Å². The van der Waals surface area contributed by atoms with Crippen molar-refractivity contribution in [1.29, 1.82) is 0 Å². The first-order valence-electron chi connectivity index (χ1n) is 8.79. The van der Waals surface area contributed by atoms with Crippen LogP contribution in [0.25, 0.3) is 12.2 Å². The van der Waals surface area contributed by atoms with Crippen LogP contribution in [0.3, 0.4) is 0 Å². The van der Waals surface area contributed by atoms with Crippen molar-refractivity contribution in [3.05, 3.63) is 81.9 Å². The van der Waals surface area contributed by atoms with Gasteiger partial charge in [0.05, 0.1) is 0 Å². The molecule has 2 aromatic carbocycles. The SMILES string of the molecule is C[CH]=[Ti]([Cl])([Cl])([CH]1C=Cc2cc(C)ccc21)[CH]1C=Cc2cc(C)ccc21. The van der Waals surface area contributed by atoms with Crippen molar-refractivity contribution in [1.82, 2.24) is 0 Å². The molecule has 0 aromatic heterocycles. The molecule has 0 N–H and O–H groups in total. The molecule has 0 saturated carbocycles. The maximum absolute atomic E-state index is 7.53. The molecule has 2 aliphatic carbocycles. The number of hydrogen-bond donors (Lipinski definition) is 0. The van der Waals surface area contributed by atoms with Crippen LogP contribution in [0.1, 0.15) is 48.7 Å². The van der Waals surface area contributed by atoms with E-state index in [1.165, 1.54) is 33.4 Å². The minimum atomic E-state index is -4.09. The summed E-state index contributed by atoms with van der Waals surface area (Å²) in [4.78, 5) is 0. The molecule has 0 saturated heterocycles. The number of halogens is 2. The molecule has 0 amide bonds. The Morgan fingerprint density at radius 1 is 0.800 bits per heavy atom. The quantitative estimate of drug-likeness (QED) is 0.474. The van der Waals surface area contributed by atoms with E-state index in [2.05, 4.69) is 85.8 Å². The molecular formula is C22H22Cl2Ti. The van der Waals surface area contributed by atoms with E-state index < -0.39 is 12.7 Å². The standard InChI is InChI=1S/2C10H9.C2H4.2ClH.Ti/c2*1-8-5-6-9-3-2-4-10(9)7-8;1-2;;;/h2*2-7H,1H3;1H,2H3;2*1H;/q;;;;;+2/p-2. The number of allylic oxidation sites excluding steroid dienone is 2. The second-order valence-electron chi connectivity index (χ2n) is 7.45. The van der Waals surface area contributed by atoms with Crippen LogP contribution in [0, 0.1) is 13.8 Å². The molecule has 128 valence electrons. The average Bonchev–Trinajstić information content (AvgIpc) is 3.19. The second kappa shape index (κ2) is 5.79. The van der Waals surface area contributed by atoms with Gasteiger partial charge in [-0.1, -0.05) is 0 Å². The zero-order chi connectivity index (χ0) is 17.8. The van der Waals surface area contributed by atoms with E-state index in [-0.39, 0.29) is 8.45 Å². The van der Waals surface area contributed by atoms with Gasteiger partial charge in [0.1, 0.15) is 0 Å². The van der Waals surface area contributed by atoms with Crippen molar-refractivity contribution >= 4 is 35.1 Å². The normalized spacial score (nSPS) is 21.4. The molecule has 0 bridgehead atoms. The Labute approximate surface area is 158 Å². The van der Waals surface area contributed by atoms with Gasteiger partial charge in [-0.25, -0.2) is 0 Å². The van der Waals surface area contributed by atoms with Crippen LogP contribution in [-0.2, 0) is 12.7 Å². The van der Waals surface area contributed by atoms with Crippen LogP contribution in [-0.4, -0.2) is 4.31 Å². The molecule has 2 unspecified atom stereocenters. The van der Waals surface area contributed by atoms with Gasteiger partial charge in [-0.3, -0.25) is 0 Å². The summed E-state index contributed by atoms with van der Waals surface area (Å²) >= 11 is -4.09. The fourth-order valence-corrected chi connectivity index (χ4v) is 13.4. The number of fused-ring (bicyclic) bond motifs is 2. The average molecular weight is 405 g/mol. The zero-order valence-corrected chi connectivity index (χ0v) is 17.8. The number of hydrogen-bond acceptors (Lipinski definition) is 0. The van der Waals surface area contributed by atoms with E-state index in [0.29, 0.717) is 0 Å². The summed E-state index contributed by atoms with van der Waals surface area (Å²) in [5.41, 5.74) is 7.61. The first-order chi connectivity index (χ1) is 11.8. The molecular weight excluding hydrogens is 383 g/mol. The van der Waals surface area contributed by atoms with Gasteiger partial charge in [0.2, 0.25) is 0 Å². The Bertz CT molecular complexity index is 931. The molecule has 4 rings (SSSR count). The molecule has 0 aliphatic heterocycles. The van der Waals surface area contributed by atoms with Crippen molar-refractivity contribution in [2.45, 2.75) is 29.2 Å². The second-order valence-corrected chi connectivity index (χ2v) is 21.9. The fraction of sp³-hybridized carbons (Fsp3) is 0.227. The van der Waals surface area contributed by atoms with Gasteiger partial charge in [0.15, 0.2) is 0 Å². The van der Waals surface area contributed by atoms with Crippen molar-refractivity contribution < 1.29 is 12.7 Å². The fourth-order valence-electron chi connectivity index (χ4n) is 4.37. The Hall–Kier alpha value is -0.916. The third-order valence-corrected chi connectivity index (χ3v) is 18.5.